The third kappa shape index (κ3) is 4.78. The van der Waals surface area contributed by atoms with Crippen molar-refractivity contribution >= 4 is 22.4 Å². The maximum absolute atomic E-state index is 13.8. The first-order valence-electron chi connectivity index (χ1n) is 9.08. The van der Waals surface area contributed by atoms with Gasteiger partial charge in [-0.05, 0) is 24.3 Å². The van der Waals surface area contributed by atoms with Crippen LogP contribution in [-0.2, 0) is 29.2 Å². The molecule has 4 rings (SSSR count). The molecule has 1 N–H and O–H groups in total. The van der Waals surface area contributed by atoms with E-state index in [1.165, 1.54) is 41.7 Å². The van der Waals surface area contributed by atoms with E-state index in [0.29, 0.717) is 40.4 Å². The summed E-state index contributed by atoms with van der Waals surface area (Å²) in [4.78, 5) is 14.4. The van der Waals surface area contributed by atoms with Crippen molar-refractivity contribution in [3.63, 3.8) is 0 Å². The molecule has 0 unspecified atom stereocenters. The summed E-state index contributed by atoms with van der Waals surface area (Å²) in [6, 6.07) is 8.37. The molecule has 0 atom stereocenters. The summed E-state index contributed by atoms with van der Waals surface area (Å²) in [5.74, 6) is -0.395. The predicted molar refractivity (Wildman–Crippen MR) is 106 cm³/mol. The van der Waals surface area contributed by atoms with Gasteiger partial charge in [0.1, 0.15) is 34.7 Å². The third-order valence-electron chi connectivity index (χ3n) is 4.41. The Morgan fingerprint density at radius 3 is 2.73 bits per heavy atom. The summed E-state index contributed by atoms with van der Waals surface area (Å²) in [7, 11) is 1.55. The van der Waals surface area contributed by atoms with Crippen molar-refractivity contribution < 1.29 is 23.0 Å². The fourth-order valence-electron chi connectivity index (χ4n) is 3.14. The summed E-state index contributed by atoms with van der Waals surface area (Å²) in [6.07, 6.45) is 0. The summed E-state index contributed by atoms with van der Waals surface area (Å²) in [6.45, 7) is 0.938. The van der Waals surface area contributed by atoms with E-state index in [1.54, 1.807) is 13.2 Å². The Balaban J connectivity index is 1.55. The number of halogens is 2. The molecule has 1 aliphatic rings. The zero-order valence-corrected chi connectivity index (χ0v) is 16.8. The summed E-state index contributed by atoms with van der Waals surface area (Å²) < 4.78 is 38.4. The summed E-state index contributed by atoms with van der Waals surface area (Å²) in [5, 5.41) is 11.6. The number of aromatic nitrogens is 2. The van der Waals surface area contributed by atoms with E-state index in [0.717, 1.165) is 5.56 Å². The quantitative estimate of drug-likeness (QED) is 0.663. The van der Waals surface area contributed by atoms with Crippen LogP contribution in [0, 0.1) is 11.6 Å². The van der Waals surface area contributed by atoms with Crippen LogP contribution in [0.15, 0.2) is 36.4 Å². The van der Waals surface area contributed by atoms with E-state index in [-0.39, 0.29) is 19.0 Å². The highest BCUT2D eigenvalue weighted by atomic mass is 32.1. The van der Waals surface area contributed by atoms with Gasteiger partial charge in [0.25, 0.3) is 0 Å². The smallest absolute Gasteiger partial charge is 0.240 e. The summed E-state index contributed by atoms with van der Waals surface area (Å²) >= 11 is 1.23. The number of methoxy groups -OCH3 is 1. The molecule has 156 valence electrons. The zero-order valence-electron chi connectivity index (χ0n) is 16.0. The molecule has 7 nitrogen and oxygen atoms in total. The predicted octanol–water partition coefficient (Wildman–Crippen LogP) is 3.71. The van der Waals surface area contributed by atoms with Gasteiger partial charge in [-0.1, -0.05) is 17.4 Å². The van der Waals surface area contributed by atoms with Crippen molar-refractivity contribution in [2.24, 2.45) is 0 Å². The number of benzene rings is 2. The van der Waals surface area contributed by atoms with Crippen molar-refractivity contribution in [3.05, 3.63) is 64.2 Å². The molecule has 1 aliphatic heterocycles. The van der Waals surface area contributed by atoms with Gasteiger partial charge in [-0.3, -0.25) is 15.0 Å². The van der Waals surface area contributed by atoms with Crippen LogP contribution >= 0.6 is 11.3 Å². The first-order valence-corrected chi connectivity index (χ1v) is 9.90. The Morgan fingerprint density at radius 2 is 1.90 bits per heavy atom. The number of ether oxygens (including phenoxy) is 2. The van der Waals surface area contributed by atoms with Crippen LogP contribution in [0.2, 0.25) is 0 Å². The lowest BCUT2D eigenvalue weighted by molar-refractivity contribution is -0.117. The molecule has 30 heavy (non-hydrogen) atoms. The third-order valence-corrected chi connectivity index (χ3v) is 5.22. The first kappa shape index (κ1) is 20.3. The minimum Gasteiger partial charge on any atom is -0.457 e. The second-order valence-electron chi connectivity index (χ2n) is 6.73. The number of carbonyl (C=O) groups excluding carboxylic acids is 1. The molecule has 1 aromatic heterocycles. The van der Waals surface area contributed by atoms with Crippen LogP contribution in [0.3, 0.4) is 0 Å². The summed E-state index contributed by atoms with van der Waals surface area (Å²) in [5.41, 5.74) is 1.29. The van der Waals surface area contributed by atoms with E-state index in [2.05, 4.69) is 15.5 Å². The molecule has 2 aromatic carbocycles. The Morgan fingerprint density at radius 1 is 1.13 bits per heavy atom. The van der Waals surface area contributed by atoms with E-state index in [9.17, 15) is 13.6 Å². The van der Waals surface area contributed by atoms with Crippen molar-refractivity contribution in [2.45, 2.75) is 19.7 Å². The zero-order chi connectivity index (χ0) is 21.1. The number of hydrogen-bond donors (Lipinski definition) is 1. The van der Waals surface area contributed by atoms with Gasteiger partial charge in [-0.15, -0.1) is 10.2 Å². The van der Waals surface area contributed by atoms with Crippen molar-refractivity contribution in [3.8, 4) is 11.5 Å². The van der Waals surface area contributed by atoms with Crippen molar-refractivity contribution in [2.75, 3.05) is 19.0 Å². The molecular weight excluding hydrogens is 414 g/mol. The average molecular weight is 432 g/mol. The minimum absolute atomic E-state index is 0.0198. The lowest BCUT2D eigenvalue weighted by Crippen LogP contribution is -2.33. The molecule has 0 aliphatic carbocycles. The second kappa shape index (κ2) is 8.82. The average Bonchev–Trinajstić information content (AvgIpc) is 3.11. The highest BCUT2D eigenvalue weighted by molar-refractivity contribution is 7.15. The molecule has 3 aromatic rings. The Hall–Kier alpha value is -2.95. The van der Waals surface area contributed by atoms with Gasteiger partial charge in [0, 0.05) is 37.4 Å². The van der Waals surface area contributed by atoms with Crippen LogP contribution in [0.25, 0.3) is 0 Å². The molecule has 0 fully saturated rings. The van der Waals surface area contributed by atoms with Gasteiger partial charge in [0.05, 0.1) is 6.54 Å². The molecule has 2 heterocycles. The lowest BCUT2D eigenvalue weighted by atomic mass is 10.1. The topological polar surface area (TPSA) is 76.6 Å². The molecule has 0 radical (unpaired) electrons. The first-order chi connectivity index (χ1) is 14.5. The van der Waals surface area contributed by atoms with Crippen LogP contribution in [0.5, 0.6) is 11.5 Å². The number of fused-ring (bicyclic) bond motifs is 2. The Bertz CT molecular complexity index is 1080. The second-order valence-corrected chi connectivity index (χ2v) is 7.80. The number of hydrogen-bond acceptors (Lipinski definition) is 7. The number of nitrogens with one attached hydrogen (secondary N) is 1. The standard InChI is InChI=1S/C20H18F2N4O3S/c1-28-11-19-24-25-20(30-19)23-18(27)10-26-8-12-2-3-15(22)7-17(12)29-16-5-4-14(21)6-13(16)9-26/h2-7H,8-11H2,1H3,(H,23,25,27). The van der Waals surface area contributed by atoms with Gasteiger partial charge < -0.3 is 9.47 Å². The highest BCUT2D eigenvalue weighted by Crippen LogP contribution is 2.33. The molecule has 0 spiro atoms. The van der Waals surface area contributed by atoms with Crippen LogP contribution in [0.4, 0.5) is 13.9 Å². The maximum Gasteiger partial charge on any atom is 0.240 e. The minimum atomic E-state index is -0.439. The lowest BCUT2D eigenvalue weighted by Gasteiger charge is -2.27. The highest BCUT2D eigenvalue weighted by Gasteiger charge is 2.21. The van der Waals surface area contributed by atoms with E-state index < -0.39 is 11.6 Å². The fourth-order valence-corrected chi connectivity index (χ4v) is 3.87. The van der Waals surface area contributed by atoms with Gasteiger partial charge in [0.15, 0.2) is 0 Å². The fraction of sp³-hybridized carbons (Fsp3) is 0.250. The molecule has 1 amide bonds. The van der Waals surface area contributed by atoms with Crippen molar-refractivity contribution in [1.82, 2.24) is 15.1 Å². The van der Waals surface area contributed by atoms with E-state index in [1.807, 2.05) is 4.90 Å². The Kier molecular flexibility index (Phi) is 5.98. The van der Waals surface area contributed by atoms with E-state index >= 15 is 0 Å². The van der Waals surface area contributed by atoms with E-state index in [4.69, 9.17) is 9.47 Å². The number of carbonyl (C=O) groups is 1. The van der Waals surface area contributed by atoms with Crippen molar-refractivity contribution in [1.29, 1.82) is 0 Å². The number of amides is 1. The number of nitrogens with zero attached hydrogens (tertiary/aromatic N) is 3. The maximum atomic E-state index is 13.8. The van der Waals surface area contributed by atoms with Gasteiger partial charge in [0.2, 0.25) is 11.0 Å². The van der Waals surface area contributed by atoms with Crippen LogP contribution in [0.1, 0.15) is 16.1 Å². The number of rotatable bonds is 5. The van der Waals surface area contributed by atoms with Crippen LogP contribution < -0.4 is 10.1 Å². The monoisotopic (exact) mass is 432 g/mol. The van der Waals surface area contributed by atoms with Gasteiger partial charge in [-0.2, -0.15) is 0 Å². The molecule has 0 saturated heterocycles. The normalized spacial score (nSPS) is 13.6. The molecule has 0 saturated carbocycles. The largest absolute Gasteiger partial charge is 0.457 e. The molecule has 10 heteroatoms. The molecule has 0 bridgehead atoms. The van der Waals surface area contributed by atoms with Gasteiger partial charge >= 0.3 is 0 Å². The molecular formula is C20H18F2N4O3S. The SMILES string of the molecule is COCc1nnc(NC(=O)CN2Cc3cc(F)ccc3Oc3cc(F)ccc3C2)s1. The number of anilines is 1. The van der Waals surface area contributed by atoms with Gasteiger partial charge in [-0.25, -0.2) is 8.78 Å². The Labute approximate surface area is 175 Å². The van der Waals surface area contributed by atoms with Crippen LogP contribution in [-0.4, -0.2) is 34.7 Å².